The number of benzene rings is 2. The first-order chi connectivity index (χ1) is 13.7. The maximum atomic E-state index is 14.9. The third-order valence-electron chi connectivity index (χ3n) is 4.61. The smallest absolute Gasteiger partial charge is 0.266 e. The van der Waals surface area contributed by atoms with Crippen LogP contribution in [0.1, 0.15) is 28.0 Å². The van der Waals surface area contributed by atoms with E-state index in [4.69, 9.17) is 27.1 Å². The van der Waals surface area contributed by atoms with E-state index in [-0.39, 0.29) is 38.6 Å². The quantitative estimate of drug-likeness (QED) is 0.577. The fraction of sp³-hybridized carbons (Fsp3) is 0.200. The molecule has 3 rings (SSSR count). The normalized spacial score (nSPS) is 13.2. The average Bonchev–Trinajstić information content (AvgIpc) is 3.09. The van der Waals surface area contributed by atoms with Crippen molar-refractivity contribution in [3.63, 3.8) is 0 Å². The number of aromatic nitrogens is 1. The number of nitrogens with one attached hydrogen (secondary N) is 1. The molecule has 9 heteroatoms. The van der Waals surface area contributed by atoms with Crippen molar-refractivity contribution in [2.75, 3.05) is 7.11 Å². The molecule has 1 amide bonds. The maximum Gasteiger partial charge on any atom is 0.266 e. The molecule has 0 spiro atoms. The average molecular weight is 434 g/mol. The van der Waals surface area contributed by atoms with Crippen LogP contribution < -0.4 is 16.3 Å². The van der Waals surface area contributed by atoms with Crippen molar-refractivity contribution in [3.05, 3.63) is 58.0 Å². The predicted molar refractivity (Wildman–Crippen MR) is 111 cm³/mol. The molecule has 1 unspecified atom stereocenters. The number of aromatic amines is 1. The lowest BCUT2D eigenvalue weighted by Crippen LogP contribution is -2.26. The van der Waals surface area contributed by atoms with Crippen LogP contribution >= 0.6 is 19.0 Å². The first kappa shape index (κ1) is 21.1. The van der Waals surface area contributed by atoms with E-state index in [0.29, 0.717) is 6.42 Å². The first-order valence-electron chi connectivity index (χ1n) is 8.66. The highest BCUT2D eigenvalue weighted by atomic mass is 35.5. The lowest BCUT2D eigenvalue weighted by molar-refractivity contribution is 0.0997. The molecule has 1 aromatic heterocycles. The highest BCUT2D eigenvalue weighted by molar-refractivity contribution is 7.75. The number of halogens is 2. The van der Waals surface area contributed by atoms with E-state index in [9.17, 15) is 13.8 Å². The molecule has 0 aliphatic carbocycles. The molecule has 0 fully saturated rings. The summed E-state index contributed by atoms with van der Waals surface area (Å²) in [6.07, 6.45) is 0.732. The van der Waals surface area contributed by atoms with Gasteiger partial charge in [0, 0.05) is 24.4 Å². The van der Waals surface area contributed by atoms with Gasteiger partial charge in [-0.2, -0.15) is 5.26 Å². The summed E-state index contributed by atoms with van der Waals surface area (Å²) in [6.45, 7) is 1.81. The van der Waals surface area contributed by atoms with E-state index < -0.39 is 19.1 Å². The van der Waals surface area contributed by atoms with Gasteiger partial charge >= 0.3 is 0 Å². The molecule has 6 nitrogen and oxygen atoms in total. The van der Waals surface area contributed by atoms with Gasteiger partial charge < -0.3 is 15.2 Å². The minimum absolute atomic E-state index is 0.100. The van der Waals surface area contributed by atoms with Gasteiger partial charge in [0.05, 0.1) is 21.8 Å². The zero-order chi connectivity index (χ0) is 21.3. The van der Waals surface area contributed by atoms with Crippen LogP contribution in [0.25, 0.3) is 10.9 Å². The van der Waals surface area contributed by atoms with Gasteiger partial charge in [0.15, 0.2) is 5.82 Å². The van der Waals surface area contributed by atoms with E-state index in [2.05, 4.69) is 11.1 Å². The van der Waals surface area contributed by atoms with E-state index in [0.717, 1.165) is 11.1 Å². The SMILES string of the molecule is COP(=O)(c1cc(C)cc(CCC#N)c1)c1c(C(N)=O)[nH]c2ccc(Cl)c(F)c12. The van der Waals surface area contributed by atoms with Gasteiger partial charge in [-0.15, -0.1) is 0 Å². The number of hydrogen-bond acceptors (Lipinski definition) is 4. The van der Waals surface area contributed by atoms with Crippen LogP contribution in [-0.4, -0.2) is 18.0 Å². The number of nitrogens with two attached hydrogens (primary N) is 1. The second-order valence-electron chi connectivity index (χ2n) is 6.57. The predicted octanol–water partition coefficient (Wildman–Crippen LogP) is 3.70. The fourth-order valence-electron chi connectivity index (χ4n) is 3.36. The molecular weight excluding hydrogens is 416 g/mol. The van der Waals surface area contributed by atoms with Crippen LogP contribution in [0.4, 0.5) is 4.39 Å². The number of nitrogens with zero attached hydrogens (tertiary/aromatic N) is 1. The molecule has 3 aromatic rings. The Kier molecular flexibility index (Phi) is 5.81. The number of primary amides is 1. The lowest BCUT2D eigenvalue weighted by atomic mass is 10.1. The second-order valence-corrected chi connectivity index (χ2v) is 9.40. The van der Waals surface area contributed by atoms with Gasteiger partial charge in [-0.3, -0.25) is 9.36 Å². The molecule has 0 saturated carbocycles. The van der Waals surface area contributed by atoms with Gasteiger partial charge in [-0.25, -0.2) is 4.39 Å². The monoisotopic (exact) mass is 433 g/mol. The Morgan fingerprint density at radius 1 is 1.38 bits per heavy atom. The van der Waals surface area contributed by atoms with Gasteiger partial charge in [0.1, 0.15) is 5.69 Å². The number of hydrogen-bond donors (Lipinski definition) is 2. The zero-order valence-corrected chi connectivity index (χ0v) is 17.4. The Morgan fingerprint density at radius 3 is 2.72 bits per heavy atom. The van der Waals surface area contributed by atoms with Crippen molar-refractivity contribution in [1.29, 1.82) is 5.26 Å². The van der Waals surface area contributed by atoms with E-state index >= 15 is 0 Å². The number of fused-ring (bicyclic) bond motifs is 1. The summed E-state index contributed by atoms with van der Waals surface area (Å²) < 4.78 is 34.5. The summed E-state index contributed by atoms with van der Waals surface area (Å²) in [5, 5.41) is 8.69. The van der Waals surface area contributed by atoms with E-state index in [1.54, 1.807) is 19.1 Å². The highest BCUT2D eigenvalue weighted by Crippen LogP contribution is 2.48. The first-order valence-corrected chi connectivity index (χ1v) is 10.7. The minimum Gasteiger partial charge on any atom is -0.364 e. The molecule has 150 valence electrons. The highest BCUT2D eigenvalue weighted by Gasteiger charge is 2.37. The molecule has 29 heavy (non-hydrogen) atoms. The molecule has 1 atom stereocenters. The van der Waals surface area contributed by atoms with Crippen molar-refractivity contribution in [2.24, 2.45) is 5.73 Å². The summed E-state index contributed by atoms with van der Waals surface area (Å²) in [6, 6.07) is 10.0. The molecular formula is C20H18ClFN3O3P. The van der Waals surface area contributed by atoms with Crippen LogP contribution in [0.5, 0.6) is 0 Å². The number of carbonyl (C=O) groups is 1. The largest absolute Gasteiger partial charge is 0.364 e. The summed E-state index contributed by atoms with van der Waals surface area (Å²) in [5.74, 6) is -1.72. The summed E-state index contributed by atoms with van der Waals surface area (Å²) in [5.41, 5.74) is 7.07. The fourth-order valence-corrected chi connectivity index (χ4v) is 5.85. The Hall–Kier alpha value is -2.65. The van der Waals surface area contributed by atoms with Crippen LogP contribution in [0.3, 0.4) is 0 Å². The summed E-state index contributed by atoms with van der Waals surface area (Å²) >= 11 is 5.93. The molecule has 3 N–H and O–H groups in total. The van der Waals surface area contributed by atoms with Crippen LogP contribution in [0.15, 0.2) is 30.3 Å². The third kappa shape index (κ3) is 3.67. The summed E-state index contributed by atoms with van der Waals surface area (Å²) in [4.78, 5) is 14.8. The molecule has 1 heterocycles. The number of carbonyl (C=O) groups excluding carboxylic acids is 1. The topological polar surface area (TPSA) is 109 Å². The third-order valence-corrected chi connectivity index (χ3v) is 7.39. The Labute approximate surface area is 171 Å². The summed E-state index contributed by atoms with van der Waals surface area (Å²) in [7, 11) is -2.71. The van der Waals surface area contributed by atoms with Crippen molar-refractivity contribution >= 4 is 46.4 Å². The molecule has 2 aromatic carbocycles. The zero-order valence-electron chi connectivity index (χ0n) is 15.8. The number of rotatable bonds is 6. The molecule has 0 saturated heterocycles. The maximum absolute atomic E-state index is 14.9. The molecule has 0 aliphatic heterocycles. The Morgan fingerprint density at radius 2 is 2.10 bits per heavy atom. The van der Waals surface area contributed by atoms with Crippen molar-refractivity contribution < 1.29 is 18.3 Å². The van der Waals surface area contributed by atoms with Crippen LogP contribution in [0.2, 0.25) is 5.02 Å². The minimum atomic E-state index is -3.94. The van der Waals surface area contributed by atoms with Crippen molar-refractivity contribution in [1.82, 2.24) is 4.98 Å². The standard InChI is InChI=1S/C20H18ClFN3O3P/c1-11-8-12(4-3-7-23)10-13(9-11)29(27,28-2)19-16-15(25-18(19)20(24)26)6-5-14(21)17(16)22/h5-6,8-10,25H,3-4H2,1-2H3,(H2,24,26). The van der Waals surface area contributed by atoms with Crippen LogP contribution in [-0.2, 0) is 15.5 Å². The van der Waals surface area contributed by atoms with Gasteiger partial charge in [0.2, 0.25) is 0 Å². The van der Waals surface area contributed by atoms with Gasteiger partial charge in [-0.05, 0) is 43.2 Å². The van der Waals surface area contributed by atoms with Gasteiger partial charge in [0.25, 0.3) is 13.3 Å². The molecule has 0 aliphatic rings. The lowest BCUT2D eigenvalue weighted by Gasteiger charge is -2.19. The van der Waals surface area contributed by atoms with Crippen molar-refractivity contribution in [2.45, 2.75) is 19.8 Å². The number of aryl methyl sites for hydroxylation is 2. The van der Waals surface area contributed by atoms with Crippen molar-refractivity contribution in [3.8, 4) is 6.07 Å². The Balaban J connectivity index is 2.37. The Bertz CT molecular complexity index is 1220. The van der Waals surface area contributed by atoms with Gasteiger partial charge in [-0.1, -0.05) is 23.2 Å². The second kappa shape index (κ2) is 8.00. The number of amides is 1. The van der Waals surface area contributed by atoms with E-state index in [1.807, 2.05) is 6.07 Å². The number of H-pyrrole nitrogens is 1. The number of nitriles is 1. The molecule has 0 bridgehead atoms. The van der Waals surface area contributed by atoms with E-state index in [1.165, 1.54) is 19.2 Å². The van der Waals surface area contributed by atoms with Crippen LogP contribution in [0, 0.1) is 24.1 Å². The molecule has 0 radical (unpaired) electrons.